The van der Waals surface area contributed by atoms with Crippen molar-refractivity contribution in [1.29, 1.82) is 0 Å². The Bertz CT molecular complexity index is 427. The van der Waals surface area contributed by atoms with Crippen LogP contribution in [0, 0.1) is 0 Å². The van der Waals surface area contributed by atoms with Gasteiger partial charge in [0.1, 0.15) is 0 Å². The third-order valence-corrected chi connectivity index (χ3v) is 4.42. The van der Waals surface area contributed by atoms with Crippen molar-refractivity contribution in [2.45, 2.75) is 49.7 Å². The standard InChI is InChI=1S/C16H22F3NO/c17-16(18,19)8-4-7-14(20)15(9-11-21-12-10-15)13-5-2-1-3-6-13/h1-3,5-6,14H,4,7-12,20H2. The Labute approximate surface area is 123 Å². The van der Waals surface area contributed by atoms with E-state index in [9.17, 15) is 13.2 Å². The van der Waals surface area contributed by atoms with Crippen molar-refractivity contribution >= 4 is 0 Å². The van der Waals surface area contributed by atoms with Crippen molar-refractivity contribution in [2.75, 3.05) is 13.2 Å². The van der Waals surface area contributed by atoms with E-state index >= 15 is 0 Å². The lowest BCUT2D eigenvalue weighted by molar-refractivity contribution is -0.136. The van der Waals surface area contributed by atoms with Crippen LogP contribution in [-0.4, -0.2) is 25.4 Å². The molecular formula is C16H22F3NO. The predicted molar refractivity (Wildman–Crippen MR) is 76.1 cm³/mol. The highest BCUT2D eigenvalue weighted by Gasteiger charge is 2.40. The first-order valence-electron chi connectivity index (χ1n) is 7.40. The van der Waals surface area contributed by atoms with Gasteiger partial charge in [-0.1, -0.05) is 30.3 Å². The van der Waals surface area contributed by atoms with Gasteiger partial charge in [-0.25, -0.2) is 0 Å². The predicted octanol–water partition coefficient (Wildman–Crippen LogP) is 3.79. The number of benzene rings is 1. The number of hydrogen-bond acceptors (Lipinski definition) is 2. The van der Waals surface area contributed by atoms with Crippen LogP contribution in [0.15, 0.2) is 30.3 Å². The van der Waals surface area contributed by atoms with Gasteiger partial charge in [-0.15, -0.1) is 0 Å². The Morgan fingerprint density at radius 1 is 1.14 bits per heavy atom. The summed E-state index contributed by atoms with van der Waals surface area (Å²) in [5, 5.41) is 0. The molecule has 0 radical (unpaired) electrons. The minimum absolute atomic E-state index is 0.0834. The molecule has 1 aliphatic heterocycles. The van der Waals surface area contributed by atoms with E-state index in [1.807, 2.05) is 30.3 Å². The summed E-state index contributed by atoms with van der Waals surface area (Å²) in [7, 11) is 0. The fourth-order valence-corrected chi connectivity index (χ4v) is 3.18. The van der Waals surface area contributed by atoms with Gasteiger partial charge in [-0.2, -0.15) is 13.2 Å². The summed E-state index contributed by atoms with van der Waals surface area (Å²) in [5.41, 5.74) is 7.18. The molecule has 0 aromatic heterocycles. The number of rotatable bonds is 5. The second-order valence-corrected chi connectivity index (χ2v) is 5.75. The van der Waals surface area contributed by atoms with Gasteiger partial charge >= 0.3 is 6.18 Å². The van der Waals surface area contributed by atoms with Crippen LogP contribution in [0.25, 0.3) is 0 Å². The van der Waals surface area contributed by atoms with Crippen molar-refractivity contribution in [1.82, 2.24) is 0 Å². The summed E-state index contributed by atoms with van der Waals surface area (Å²) >= 11 is 0. The molecule has 1 atom stereocenters. The molecule has 1 heterocycles. The van der Waals surface area contributed by atoms with E-state index in [4.69, 9.17) is 10.5 Å². The normalized spacial score (nSPS) is 20.2. The van der Waals surface area contributed by atoms with Crippen molar-refractivity contribution in [2.24, 2.45) is 5.73 Å². The third kappa shape index (κ3) is 4.20. The summed E-state index contributed by atoms with van der Waals surface area (Å²) in [6.07, 6.45) is -2.86. The monoisotopic (exact) mass is 301 g/mol. The lowest BCUT2D eigenvalue weighted by Crippen LogP contribution is -2.49. The number of ether oxygens (including phenoxy) is 1. The highest BCUT2D eigenvalue weighted by Crippen LogP contribution is 2.39. The largest absolute Gasteiger partial charge is 0.389 e. The SMILES string of the molecule is NC(CCCC(F)(F)F)C1(c2ccccc2)CCOCC1. The fourth-order valence-electron chi connectivity index (χ4n) is 3.18. The third-order valence-electron chi connectivity index (χ3n) is 4.42. The Balaban J connectivity index is 2.09. The summed E-state index contributed by atoms with van der Waals surface area (Å²) in [6.45, 7) is 1.23. The molecule has 0 saturated carbocycles. The molecule has 1 aliphatic rings. The van der Waals surface area contributed by atoms with E-state index in [0.717, 1.165) is 18.4 Å². The summed E-state index contributed by atoms with van der Waals surface area (Å²) in [4.78, 5) is 0. The molecule has 21 heavy (non-hydrogen) atoms. The lowest BCUT2D eigenvalue weighted by Gasteiger charge is -2.42. The van der Waals surface area contributed by atoms with Crippen molar-refractivity contribution in [3.8, 4) is 0 Å². The van der Waals surface area contributed by atoms with Crippen LogP contribution in [0.5, 0.6) is 0 Å². The van der Waals surface area contributed by atoms with Crippen LogP contribution in [0.1, 0.15) is 37.7 Å². The Morgan fingerprint density at radius 2 is 1.76 bits per heavy atom. The van der Waals surface area contributed by atoms with Crippen molar-refractivity contribution in [3.05, 3.63) is 35.9 Å². The van der Waals surface area contributed by atoms with Crippen LogP contribution in [-0.2, 0) is 10.2 Å². The minimum Gasteiger partial charge on any atom is -0.381 e. The van der Waals surface area contributed by atoms with Gasteiger partial charge in [0.25, 0.3) is 0 Å². The molecule has 0 bridgehead atoms. The Morgan fingerprint density at radius 3 is 2.33 bits per heavy atom. The molecule has 1 aromatic rings. The second kappa shape index (κ2) is 6.79. The van der Waals surface area contributed by atoms with E-state index < -0.39 is 12.6 Å². The number of hydrogen-bond donors (Lipinski definition) is 1. The smallest absolute Gasteiger partial charge is 0.381 e. The molecule has 118 valence electrons. The maximum atomic E-state index is 12.3. The van der Waals surface area contributed by atoms with E-state index in [0.29, 0.717) is 19.6 Å². The summed E-state index contributed by atoms with van der Waals surface area (Å²) in [6, 6.07) is 9.62. The zero-order valence-corrected chi connectivity index (χ0v) is 12.0. The van der Waals surface area contributed by atoms with Crippen molar-refractivity contribution in [3.63, 3.8) is 0 Å². The Hall–Kier alpha value is -1.07. The molecular weight excluding hydrogens is 279 g/mol. The average molecular weight is 301 g/mol. The molecule has 5 heteroatoms. The number of halogens is 3. The molecule has 2 rings (SSSR count). The Kier molecular flexibility index (Phi) is 5.27. The molecule has 1 aromatic carbocycles. The van der Waals surface area contributed by atoms with Gasteiger partial charge in [0, 0.05) is 31.1 Å². The van der Waals surface area contributed by atoms with Gasteiger partial charge in [0.05, 0.1) is 0 Å². The van der Waals surface area contributed by atoms with Crippen LogP contribution < -0.4 is 5.73 Å². The van der Waals surface area contributed by atoms with E-state index in [1.54, 1.807) is 0 Å². The zero-order valence-electron chi connectivity index (χ0n) is 12.0. The minimum atomic E-state index is -4.10. The number of alkyl halides is 3. The van der Waals surface area contributed by atoms with E-state index in [2.05, 4.69) is 0 Å². The van der Waals surface area contributed by atoms with E-state index in [1.165, 1.54) is 0 Å². The van der Waals surface area contributed by atoms with Gasteiger partial charge < -0.3 is 10.5 Å². The lowest BCUT2D eigenvalue weighted by atomic mass is 9.68. The highest BCUT2D eigenvalue weighted by atomic mass is 19.4. The molecule has 0 aliphatic carbocycles. The highest BCUT2D eigenvalue weighted by molar-refractivity contribution is 5.28. The molecule has 2 N–H and O–H groups in total. The van der Waals surface area contributed by atoms with Crippen LogP contribution >= 0.6 is 0 Å². The maximum Gasteiger partial charge on any atom is 0.389 e. The van der Waals surface area contributed by atoms with Gasteiger partial charge in [-0.05, 0) is 31.2 Å². The first-order chi connectivity index (χ1) is 9.94. The summed E-state index contributed by atoms with van der Waals surface area (Å²) < 4.78 is 42.3. The fraction of sp³-hybridized carbons (Fsp3) is 0.625. The average Bonchev–Trinajstić information content (AvgIpc) is 2.47. The first kappa shape index (κ1) is 16.3. The van der Waals surface area contributed by atoms with Gasteiger partial charge in [0.2, 0.25) is 0 Å². The topological polar surface area (TPSA) is 35.2 Å². The summed E-state index contributed by atoms with van der Waals surface area (Å²) in [5.74, 6) is 0. The van der Waals surface area contributed by atoms with Crippen molar-refractivity contribution < 1.29 is 17.9 Å². The molecule has 1 fully saturated rings. The van der Waals surface area contributed by atoms with Crippen LogP contribution in [0.3, 0.4) is 0 Å². The molecule has 0 spiro atoms. The number of nitrogens with two attached hydrogens (primary N) is 1. The van der Waals surface area contributed by atoms with Crippen LogP contribution in [0.2, 0.25) is 0 Å². The van der Waals surface area contributed by atoms with Crippen LogP contribution in [0.4, 0.5) is 13.2 Å². The molecule has 1 saturated heterocycles. The zero-order chi connectivity index (χ0) is 15.3. The second-order valence-electron chi connectivity index (χ2n) is 5.75. The van der Waals surface area contributed by atoms with E-state index in [-0.39, 0.29) is 17.9 Å². The molecule has 1 unspecified atom stereocenters. The first-order valence-corrected chi connectivity index (χ1v) is 7.40. The molecule has 0 amide bonds. The van der Waals surface area contributed by atoms with Gasteiger partial charge in [0.15, 0.2) is 0 Å². The van der Waals surface area contributed by atoms with Gasteiger partial charge in [-0.3, -0.25) is 0 Å². The maximum absolute atomic E-state index is 12.3. The quantitative estimate of drug-likeness (QED) is 0.898. The molecule has 2 nitrogen and oxygen atoms in total.